The highest BCUT2D eigenvalue weighted by molar-refractivity contribution is 5.68. The summed E-state index contributed by atoms with van der Waals surface area (Å²) in [7, 11) is 0. The van der Waals surface area contributed by atoms with Gasteiger partial charge in [0.2, 0.25) is 0 Å². The number of aliphatic hydroxyl groups is 1. The second-order valence-corrected chi connectivity index (χ2v) is 4.89. The van der Waals surface area contributed by atoms with Crippen LogP contribution in [0.15, 0.2) is 31.0 Å². The van der Waals surface area contributed by atoms with E-state index in [0.29, 0.717) is 18.5 Å². The average Bonchev–Trinajstić information content (AvgIpc) is 2.86. The van der Waals surface area contributed by atoms with Gasteiger partial charge in [-0.15, -0.1) is 0 Å². The van der Waals surface area contributed by atoms with Crippen molar-refractivity contribution in [2.45, 2.75) is 25.0 Å². The Morgan fingerprint density at radius 3 is 3.24 bits per heavy atom. The molecule has 0 aromatic carbocycles. The average molecular weight is 287 g/mol. The summed E-state index contributed by atoms with van der Waals surface area (Å²) in [6.45, 7) is 3.87. The summed E-state index contributed by atoms with van der Waals surface area (Å²) >= 11 is 0. The first kappa shape index (κ1) is 15.0. The molecule has 6 nitrogen and oxygen atoms in total. The lowest BCUT2D eigenvalue weighted by Crippen LogP contribution is -2.37. The Labute approximate surface area is 123 Å². The molecule has 0 saturated carbocycles. The van der Waals surface area contributed by atoms with Gasteiger partial charge in [-0.3, -0.25) is 0 Å². The number of β-amino-alcohol motifs (C(OH)–C–C–N with tert-alkyl or cyclic N) is 1. The highest BCUT2D eigenvalue weighted by atomic mass is 16.6. The van der Waals surface area contributed by atoms with Crippen LogP contribution in [0.2, 0.25) is 0 Å². The lowest BCUT2D eigenvalue weighted by atomic mass is 10.0. The number of aromatic nitrogens is 1. The van der Waals surface area contributed by atoms with Crippen molar-refractivity contribution in [2.75, 3.05) is 13.2 Å². The van der Waals surface area contributed by atoms with Crippen molar-refractivity contribution in [1.29, 1.82) is 5.26 Å². The number of carbonyl (C=O) groups is 1. The van der Waals surface area contributed by atoms with E-state index in [4.69, 9.17) is 10.00 Å². The molecule has 0 unspecified atom stereocenters. The molecule has 110 valence electrons. The molecule has 1 aromatic rings. The third kappa shape index (κ3) is 3.58. The number of carbonyl (C=O) groups excluding carboxylic acids is 1. The monoisotopic (exact) mass is 287 g/mol. The van der Waals surface area contributed by atoms with Crippen LogP contribution in [0.3, 0.4) is 0 Å². The number of amides is 1. The number of ether oxygens (including phenoxy) is 1. The fourth-order valence-electron chi connectivity index (χ4n) is 2.48. The Balaban J connectivity index is 2.11. The molecule has 0 spiro atoms. The molecular formula is C15H17N3O3. The van der Waals surface area contributed by atoms with Crippen LogP contribution in [0, 0.1) is 11.3 Å². The summed E-state index contributed by atoms with van der Waals surface area (Å²) < 4.78 is 5.03. The van der Waals surface area contributed by atoms with E-state index in [1.165, 1.54) is 11.0 Å². The Morgan fingerprint density at radius 2 is 2.52 bits per heavy atom. The molecule has 21 heavy (non-hydrogen) atoms. The van der Waals surface area contributed by atoms with Crippen molar-refractivity contribution in [3.05, 3.63) is 42.2 Å². The number of pyridine rings is 1. The molecule has 1 amide bonds. The maximum Gasteiger partial charge on any atom is 0.410 e. The van der Waals surface area contributed by atoms with E-state index in [-0.39, 0.29) is 19.2 Å². The van der Waals surface area contributed by atoms with Crippen molar-refractivity contribution >= 4 is 6.09 Å². The van der Waals surface area contributed by atoms with E-state index >= 15 is 0 Å². The molecule has 1 saturated heterocycles. The molecule has 1 fully saturated rings. The Hall–Kier alpha value is -2.39. The maximum absolute atomic E-state index is 12.0. The van der Waals surface area contributed by atoms with Gasteiger partial charge in [0.1, 0.15) is 18.4 Å². The van der Waals surface area contributed by atoms with Crippen molar-refractivity contribution in [2.24, 2.45) is 0 Å². The summed E-state index contributed by atoms with van der Waals surface area (Å²) in [5.74, 6) is 0. The highest BCUT2D eigenvalue weighted by Crippen LogP contribution is 2.23. The topological polar surface area (TPSA) is 86.4 Å². The second kappa shape index (κ2) is 6.86. The molecule has 2 atom stereocenters. The van der Waals surface area contributed by atoms with Gasteiger partial charge in [-0.25, -0.2) is 9.78 Å². The SMILES string of the molecule is C=CCOC(=O)N1C[C@H](O)C[C@H]1Cc1cccnc1C#N. The first-order valence-electron chi connectivity index (χ1n) is 6.72. The number of rotatable bonds is 4. The number of hydrogen-bond acceptors (Lipinski definition) is 5. The first-order chi connectivity index (χ1) is 10.2. The van der Waals surface area contributed by atoms with E-state index in [1.807, 2.05) is 12.1 Å². The van der Waals surface area contributed by atoms with Crippen LogP contribution in [0.4, 0.5) is 4.79 Å². The number of nitrogens with zero attached hydrogens (tertiary/aromatic N) is 3. The quantitative estimate of drug-likeness (QED) is 0.842. The maximum atomic E-state index is 12.0. The van der Waals surface area contributed by atoms with Gasteiger partial charge in [0.25, 0.3) is 0 Å². The minimum atomic E-state index is -0.575. The largest absolute Gasteiger partial charge is 0.445 e. The number of aliphatic hydroxyl groups excluding tert-OH is 1. The molecule has 6 heteroatoms. The van der Waals surface area contributed by atoms with Gasteiger partial charge in [0.05, 0.1) is 12.6 Å². The number of likely N-dealkylation sites (tertiary alicyclic amines) is 1. The van der Waals surface area contributed by atoms with E-state index in [2.05, 4.69) is 11.6 Å². The van der Waals surface area contributed by atoms with Crippen LogP contribution < -0.4 is 0 Å². The molecule has 0 aliphatic carbocycles. The Kier molecular flexibility index (Phi) is 4.90. The predicted octanol–water partition coefficient (Wildman–Crippen LogP) is 1.25. The smallest absolute Gasteiger partial charge is 0.410 e. The lowest BCUT2D eigenvalue weighted by Gasteiger charge is -2.23. The van der Waals surface area contributed by atoms with Crippen LogP contribution in [-0.2, 0) is 11.2 Å². The van der Waals surface area contributed by atoms with Crippen LogP contribution >= 0.6 is 0 Å². The van der Waals surface area contributed by atoms with Crippen LogP contribution in [0.1, 0.15) is 17.7 Å². The normalized spacial score (nSPS) is 20.9. The zero-order valence-electron chi connectivity index (χ0n) is 11.6. The van der Waals surface area contributed by atoms with E-state index in [1.54, 1.807) is 12.3 Å². The lowest BCUT2D eigenvalue weighted by molar-refractivity contribution is 0.102. The third-order valence-electron chi connectivity index (χ3n) is 3.40. The van der Waals surface area contributed by atoms with Gasteiger partial charge < -0.3 is 14.7 Å². The standard InChI is InChI=1S/C15H17N3O3/c1-2-6-21-15(20)18-10-13(19)8-12(18)7-11-4-3-5-17-14(11)9-16/h2-5,12-13,19H,1,6-8,10H2/t12-,13-/m1/s1. The molecule has 1 aliphatic rings. The van der Waals surface area contributed by atoms with Crippen molar-refractivity contribution < 1.29 is 14.6 Å². The molecule has 2 heterocycles. The van der Waals surface area contributed by atoms with Gasteiger partial charge in [0, 0.05) is 12.2 Å². The summed E-state index contributed by atoms with van der Waals surface area (Å²) in [5, 5.41) is 18.9. The fraction of sp³-hybridized carbons (Fsp3) is 0.400. The van der Waals surface area contributed by atoms with Crippen LogP contribution in [0.25, 0.3) is 0 Å². The predicted molar refractivity (Wildman–Crippen MR) is 75.3 cm³/mol. The van der Waals surface area contributed by atoms with Crippen molar-refractivity contribution in [3.8, 4) is 6.07 Å². The zero-order valence-corrected chi connectivity index (χ0v) is 11.6. The molecule has 2 rings (SSSR count). The fourth-order valence-corrected chi connectivity index (χ4v) is 2.48. The minimum Gasteiger partial charge on any atom is -0.445 e. The Morgan fingerprint density at radius 1 is 1.71 bits per heavy atom. The van der Waals surface area contributed by atoms with E-state index < -0.39 is 12.2 Å². The van der Waals surface area contributed by atoms with Crippen LogP contribution in [0.5, 0.6) is 0 Å². The Bertz CT molecular complexity index is 568. The van der Waals surface area contributed by atoms with E-state index in [0.717, 1.165) is 5.56 Å². The number of nitriles is 1. The third-order valence-corrected chi connectivity index (χ3v) is 3.40. The molecule has 0 bridgehead atoms. The van der Waals surface area contributed by atoms with Crippen molar-refractivity contribution in [1.82, 2.24) is 9.88 Å². The molecule has 1 aliphatic heterocycles. The second-order valence-electron chi connectivity index (χ2n) is 4.89. The zero-order chi connectivity index (χ0) is 15.2. The molecule has 1 N–H and O–H groups in total. The van der Waals surface area contributed by atoms with Gasteiger partial charge in [0.15, 0.2) is 0 Å². The minimum absolute atomic E-state index is 0.133. The molecule has 0 radical (unpaired) electrons. The van der Waals surface area contributed by atoms with Gasteiger partial charge in [-0.2, -0.15) is 5.26 Å². The van der Waals surface area contributed by atoms with Crippen molar-refractivity contribution in [3.63, 3.8) is 0 Å². The highest BCUT2D eigenvalue weighted by Gasteiger charge is 2.35. The van der Waals surface area contributed by atoms with Gasteiger partial charge in [-0.05, 0) is 24.5 Å². The van der Waals surface area contributed by atoms with Gasteiger partial charge >= 0.3 is 6.09 Å². The summed E-state index contributed by atoms with van der Waals surface area (Å²) in [6.07, 6.45) is 2.93. The van der Waals surface area contributed by atoms with E-state index in [9.17, 15) is 9.90 Å². The van der Waals surface area contributed by atoms with Gasteiger partial charge in [-0.1, -0.05) is 18.7 Å². The summed E-state index contributed by atoms with van der Waals surface area (Å²) in [6, 6.07) is 5.40. The van der Waals surface area contributed by atoms with Crippen LogP contribution in [-0.4, -0.2) is 46.4 Å². The molecule has 1 aromatic heterocycles. The number of hydrogen-bond donors (Lipinski definition) is 1. The summed E-state index contributed by atoms with van der Waals surface area (Å²) in [5.41, 5.74) is 1.11. The molecular weight excluding hydrogens is 270 g/mol. The first-order valence-corrected chi connectivity index (χ1v) is 6.72. The summed E-state index contributed by atoms with van der Waals surface area (Å²) in [4.78, 5) is 17.5.